The van der Waals surface area contributed by atoms with Crippen LogP contribution in [0.2, 0.25) is 0 Å². The lowest BCUT2D eigenvalue weighted by atomic mass is 10.1. The van der Waals surface area contributed by atoms with Crippen LogP contribution in [0.4, 0.5) is 5.69 Å². The van der Waals surface area contributed by atoms with Crippen LogP contribution < -0.4 is 10.2 Å². The summed E-state index contributed by atoms with van der Waals surface area (Å²) in [5.41, 5.74) is 3.88. The molecule has 0 bridgehead atoms. The molecule has 1 atom stereocenters. The van der Waals surface area contributed by atoms with E-state index in [4.69, 9.17) is 0 Å². The second-order valence-corrected chi connectivity index (χ2v) is 6.99. The number of nitriles is 1. The molecule has 1 amide bonds. The van der Waals surface area contributed by atoms with Crippen LogP contribution in [0.25, 0.3) is 11.8 Å². The zero-order chi connectivity index (χ0) is 20.8. The SMILES string of the molecule is C[C@@H](NC(=O)/C(C#N)=C\c1cccn1-c1ccc(N(C)C)cc1)c1ccccc1. The summed E-state index contributed by atoms with van der Waals surface area (Å²) in [7, 11) is 3.99. The third kappa shape index (κ3) is 4.74. The van der Waals surface area contributed by atoms with Crippen LogP contribution in [0.5, 0.6) is 0 Å². The molecule has 3 aromatic rings. The number of carbonyl (C=O) groups excluding carboxylic acids is 1. The number of nitrogens with one attached hydrogen (secondary N) is 1. The predicted octanol–water partition coefficient (Wildman–Crippen LogP) is 4.33. The Kier molecular flexibility index (Phi) is 6.16. The van der Waals surface area contributed by atoms with E-state index >= 15 is 0 Å². The normalized spacial score (nSPS) is 12.1. The van der Waals surface area contributed by atoms with Gasteiger partial charge >= 0.3 is 0 Å². The summed E-state index contributed by atoms with van der Waals surface area (Å²) in [5.74, 6) is -0.389. The number of carbonyl (C=O) groups is 1. The van der Waals surface area contributed by atoms with E-state index in [9.17, 15) is 10.1 Å². The molecule has 5 heteroatoms. The van der Waals surface area contributed by atoms with Gasteiger partial charge in [-0.1, -0.05) is 30.3 Å². The minimum atomic E-state index is -0.389. The van der Waals surface area contributed by atoms with Gasteiger partial charge in [-0.25, -0.2) is 0 Å². The van der Waals surface area contributed by atoms with Gasteiger partial charge in [-0.15, -0.1) is 0 Å². The van der Waals surface area contributed by atoms with Gasteiger partial charge in [0, 0.05) is 37.4 Å². The quantitative estimate of drug-likeness (QED) is 0.508. The highest BCUT2D eigenvalue weighted by Crippen LogP contribution is 2.20. The summed E-state index contributed by atoms with van der Waals surface area (Å²) in [4.78, 5) is 14.7. The van der Waals surface area contributed by atoms with E-state index in [0.29, 0.717) is 0 Å². The molecular weight excluding hydrogens is 360 g/mol. The van der Waals surface area contributed by atoms with Crippen molar-refractivity contribution in [2.24, 2.45) is 0 Å². The standard InChI is InChI=1S/C24H24N4O/c1-18(19-8-5-4-6-9-19)26-24(29)20(17-25)16-23-10-7-15-28(23)22-13-11-21(12-14-22)27(2)3/h4-16,18H,1-3H3,(H,26,29)/b20-16-/t18-/m1/s1. The minimum absolute atomic E-state index is 0.0673. The second-order valence-electron chi connectivity index (χ2n) is 6.99. The largest absolute Gasteiger partial charge is 0.378 e. The Hall–Kier alpha value is -3.78. The van der Waals surface area contributed by atoms with Crippen LogP contribution in [0.15, 0.2) is 78.5 Å². The van der Waals surface area contributed by atoms with Crippen molar-refractivity contribution in [2.75, 3.05) is 19.0 Å². The first kappa shape index (κ1) is 20.0. The molecule has 29 heavy (non-hydrogen) atoms. The molecule has 0 aliphatic heterocycles. The molecule has 0 aliphatic carbocycles. The Morgan fingerprint density at radius 1 is 1.07 bits per heavy atom. The van der Waals surface area contributed by atoms with Gasteiger partial charge in [0.25, 0.3) is 5.91 Å². The minimum Gasteiger partial charge on any atom is -0.378 e. The molecule has 0 unspecified atom stereocenters. The van der Waals surface area contributed by atoms with E-state index in [2.05, 4.69) is 5.32 Å². The lowest BCUT2D eigenvalue weighted by Gasteiger charge is -2.15. The summed E-state index contributed by atoms with van der Waals surface area (Å²) in [6, 6.07) is 23.4. The maximum absolute atomic E-state index is 12.6. The zero-order valence-electron chi connectivity index (χ0n) is 16.8. The van der Waals surface area contributed by atoms with E-state index < -0.39 is 0 Å². The maximum atomic E-state index is 12.6. The van der Waals surface area contributed by atoms with Crippen LogP contribution >= 0.6 is 0 Å². The molecule has 5 nitrogen and oxygen atoms in total. The molecule has 0 radical (unpaired) electrons. The molecule has 1 heterocycles. The lowest BCUT2D eigenvalue weighted by Crippen LogP contribution is -2.27. The average molecular weight is 384 g/mol. The van der Waals surface area contributed by atoms with Crippen molar-refractivity contribution in [2.45, 2.75) is 13.0 Å². The van der Waals surface area contributed by atoms with Gasteiger partial charge in [0.1, 0.15) is 11.6 Å². The number of aromatic nitrogens is 1. The van der Waals surface area contributed by atoms with Crippen molar-refractivity contribution in [3.63, 3.8) is 0 Å². The number of benzene rings is 2. The van der Waals surface area contributed by atoms with Crippen molar-refractivity contribution in [3.05, 3.63) is 89.8 Å². The van der Waals surface area contributed by atoms with Gasteiger partial charge in [0.2, 0.25) is 0 Å². The van der Waals surface area contributed by atoms with Crippen molar-refractivity contribution < 1.29 is 4.79 Å². The van der Waals surface area contributed by atoms with Crippen LogP contribution in [-0.2, 0) is 4.79 Å². The molecule has 3 rings (SSSR count). The monoisotopic (exact) mass is 384 g/mol. The molecule has 0 aliphatic rings. The average Bonchev–Trinajstić information content (AvgIpc) is 3.20. The van der Waals surface area contributed by atoms with E-state index in [1.165, 1.54) is 0 Å². The number of hydrogen-bond acceptors (Lipinski definition) is 3. The topological polar surface area (TPSA) is 61.1 Å². The molecule has 0 fully saturated rings. The van der Waals surface area contributed by atoms with Crippen molar-refractivity contribution >= 4 is 17.7 Å². The fourth-order valence-electron chi connectivity index (χ4n) is 3.05. The first-order valence-electron chi connectivity index (χ1n) is 9.42. The maximum Gasteiger partial charge on any atom is 0.262 e. The first-order valence-corrected chi connectivity index (χ1v) is 9.42. The summed E-state index contributed by atoms with van der Waals surface area (Å²) in [6.45, 7) is 1.90. The zero-order valence-corrected chi connectivity index (χ0v) is 16.8. The third-order valence-electron chi connectivity index (χ3n) is 4.73. The van der Waals surface area contributed by atoms with Crippen molar-refractivity contribution in [1.82, 2.24) is 9.88 Å². The summed E-state index contributed by atoms with van der Waals surface area (Å²) in [5, 5.41) is 12.4. The van der Waals surface area contributed by atoms with Gasteiger partial charge in [-0.3, -0.25) is 4.79 Å². The second kappa shape index (κ2) is 8.94. The van der Waals surface area contributed by atoms with Crippen molar-refractivity contribution in [3.8, 4) is 11.8 Å². The van der Waals surface area contributed by atoms with Crippen LogP contribution in [-0.4, -0.2) is 24.6 Å². The molecule has 1 N–H and O–H groups in total. The Bertz CT molecular complexity index is 1040. The van der Waals surface area contributed by atoms with E-state index in [-0.39, 0.29) is 17.5 Å². The van der Waals surface area contributed by atoms with Gasteiger partial charge in [-0.05, 0) is 55.0 Å². The van der Waals surface area contributed by atoms with E-state index in [0.717, 1.165) is 22.6 Å². The van der Waals surface area contributed by atoms with E-state index in [1.54, 1.807) is 6.08 Å². The van der Waals surface area contributed by atoms with Crippen LogP contribution in [0, 0.1) is 11.3 Å². The highest BCUT2D eigenvalue weighted by molar-refractivity contribution is 6.01. The highest BCUT2D eigenvalue weighted by Gasteiger charge is 2.14. The number of rotatable bonds is 6. The predicted molar refractivity (Wildman–Crippen MR) is 117 cm³/mol. The smallest absolute Gasteiger partial charge is 0.262 e. The number of nitrogens with zero attached hydrogens (tertiary/aromatic N) is 3. The van der Waals surface area contributed by atoms with Gasteiger partial charge in [0.15, 0.2) is 0 Å². The highest BCUT2D eigenvalue weighted by atomic mass is 16.1. The first-order chi connectivity index (χ1) is 14.0. The number of anilines is 1. The van der Waals surface area contributed by atoms with Gasteiger partial charge < -0.3 is 14.8 Å². The number of amides is 1. The fourth-order valence-corrected chi connectivity index (χ4v) is 3.05. The molecule has 0 saturated carbocycles. The Labute approximate surface area is 171 Å². The molecule has 146 valence electrons. The van der Waals surface area contributed by atoms with Crippen LogP contribution in [0.1, 0.15) is 24.2 Å². The Morgan fingerprint density at radius 2 is 1.76 bits per heavy atom. The molecule has 0 spiro atoms. The molecule has 2 aromatic carbocycles. The van der Waals surface area contributed by atoms with Gasteiger partial charge in [-0.2, -0.15) is 5.26 Å². The van der Waals surface area contributed by atoms with Crippen LogP contribution in [0.3, 0.4) is 0 Å². The summed E-state index contributed by atoms with van der Waals surface area (Å²) >= 11 is 0. The Balaban J connectivity index is 1.82. The summed E-state index contributed by atoms with van der Waals surface area (Å²) in [6.07, 6.45) is 3.53. The van der Waals surface area contributed by atoms with Crippen molar-refractivity contribution in [1.29, 1.82) is 5.26 Å². The molecule has 0 saturated heterocycles. The van der Waals surface area contributed by atoms with Gasteiger partial charge in [0.05, 0.1) is 6.04 Å². The molecule has 1 aromatic heterocycles. The Morgan fingerprint density at radius 3 is 2.38 bits per heavy atom. The van der Waals surface area contributed by atoms with E-state index in [1.807, 2.05) is 109 Å². The lowest BCUT2D eigenvalue weighted by molar-refractivity contribution is -0.117. The number of hydrogen-bond donors (Lipinski definition) is 1. The molecular formula is C24H24N4O. The summed E-state index contributed by atoms with van der Waals surface area (Å²) < 4.78 is 1.95. The third-order valence-corrected chi connectivity index (χ3v) is 4.73. The fraction of sp³-hybridized carbons (Fsp3) is 0.167.